The molecule has 0 saturated carbocycles. The van der Waals surface area contributed by atoms with E-state index in [2.05, 4.69) is 81.5 Å². The van der Waals surface area contributed by atoms with Gasteiger partial charge in [-0.25, -0.2) is 0 Å². The molecule has 0 aliphatic rings. The topological polar surface area (TPSA) is 78.9 Å². The second kappa shape index (κ2) is 59.7. The Morgan fingerprint density at radius 3 is 0.873 bits per heavy atom. The third-order valence-electron chi connectivity index (χ3n) is 13.5. The van der Waals surface area contributed by atoms with Crippen LogP contribution in [0.1, 0.15) is 316 Å². The van der Waals surface area contributed by atoms with Crippen molar-refractivity contribution < 1.29 is 28.6 Å². The molecular weight excluding hydrogens is 877 g/mol. The molecular formula is C65H116O6. The van der Waals surface area contributed by atoms with E-state index in [1.54, 1.807) is 0 Å². The molecule has 1 atom stereocenters. The van der Waals surface area contributed by atoms with Gasteiger partial charge in [0.15, 0.2) is 6.10 Å². The minimum atomic E-state index is -0.789. The van der Waals surface area contributed by atoms with Gasteiger partial charge in [-0.3, -0.25) is 14.4 Å². The van der Waals surface area contributed by atoms with Crippen molar-refractivity contribution in [2.45, 2.75) is 322 Å². The summed E-state index contributed by atoms with van der Waals surface area (Å²) >= 11 is 0. The fourth-order valence-corrected chi connectivity index (χ4v) is 8.90. The van der Waals surface area contributed by atoms with Crippen LogP contribution in [0.2, 0.25) is 0 Å². The summed E-state index contributed by atoms with van der Waals surface area (Å²) in [5.41, 5.74) is 0. The van der Waals surface area contributed by atoms with Crippen LogP contribution in [0.5, 0.6) is 0 Å². The van der Waals surface area contributed by atoms with Gasteiger partial charge in [-0.15, -0.1) is 0 Å². The van der Waals surface area contributed by atoms with Crippen LogP contribution in [0.3, 0.4) is 0 Å². The summed E-state index contributed by atoms with van der Waals surface area (Å²) < 4.78 is 16.9. The van der Waals surface area contributed by atoms with E-state index in [0.717, 1.165) is 103 Å². The Bertz CT molecular complexity index is 1280. The van der Waals surface area contributed by atoms with Crippen molar-refractivity contribution in [3.63, 3.8) is 0 Å². The predicted octanol–water partition coefficient (Wildman–Crippen LogP) is 20.8. The largest absolute Gasteiger partial charge is 0.462 e. The summed E-state index contributed by atoms with van der Waals surface area (Å²) in [4.78, 5) is 38.2. The first-order valence-corrected chi connectivity index (χ1v) is 30.8. The summed E-state index contributed by atoms with van der Waals surface area (Å²) in [6.45, 7) is 6.54. The number of hydrogen-bond acceptors (Lipinski definition) is 6. The summed E-state index contributed by atoms with van der Waals surface area (Å²) in [7, 11) is 0. The molecule has 0 aliphatic heterocycles. The Kier molecular flexibility index (Phi) is 57.2. The highest BCUT2D eigenvalue weighted by Gasteiger charge is 2.19. The van der Waals surface area contributed by atoms with E-state index in [9.17, 15) is 14.4 Å². The number of hydrogen-bond donors (Lipinski definition) is 0. The van der Waals surface area contributed by atoms with Crippen LogP contribution in [-0.2, 0) is 28.6 Å². The highest BCUT2D eigenvalue weighted by Crippen LogP contribution is 2.17. The lowest BCUT2D eigenvalue weighted by molar-refractivity contribution is -0.167. The van der Waals surface area contributed by atoms with Gasteiger partial charge in [-0.1, -0.05) is 274 Å². The first-order chi connectivity index (χ1) is 35.0. The fourth-order valence-electron chi connectivity index (χ4n) is 8.90. The quantitative estimate of drug-likeness (QED) is 0.0261. The van der Waals surface area contributed by atoms with E-state index in [0.29, 0.717) is 19.3 Å². The minimum absolute atomic E-state index is 0.0839. The number of unbranched alkanes of at least 4 members (excludes halogenated alkanes) is 35. The van der Waals surface area contributed by atoms with Gasteiger partial charge in [0.25, 0.3) is 0 Å². The third kappa shape index (κ3) is 57.9. The zero-order valence-electron chi connectivity index (χ0n) is 47.2. The van der Waals surface area contributed by atoms with Gasteiger partial charge >= 0.3 is 17.9 Å². The highest BCUT2D eigenvalue weighted by atomic mass is 16.6. The second-order valence-corrected chi connectivity index (χ2v) is 20.6. The van der Waals surface area contributed by atoms with Crippen molar-refractivity contribution in [2.24, 2.45) is 0 Å². The second-order valence-electron chi connectivity index (χ2n) is 20.6. The lowest BCUT2D eigenvalue weighted by Crippen LogP contribution is -2.30. The zero-order valence-corrected chi connectivity index (χ0v) is 47.2. The smallest absolute Gasteiger partial charge is 0.306 e. The molecule has 0 aromatic rings. The van der Waals surface area contributed by atoms with Crippen LogP contribution in [0, 0.1) is 0 Å². The summed E-state index contributed by atoms with van der Waals surface area (Å²) in [6, 6.07) is 0. The Morgan fingerprint density at radius 2 is 0.549 bits per heavy atom. The Hall–Kier alpha value is -2.89. The monoisotopic (exact) mass is 993 g/mol. The van der Waals surface area contributed by atoms with Crippen LogP contribution in [0.25, 0.3) is 0 Å². The van der Waals surface area contributed by atoms with Gasteiger partial charge in [-0.2, -0.15) is 0 Å². The molecule has 0 radical (unpaired) electrons. The molecule has 0 rings (SSSR count). The van der Waals surface area contributed by atoms with E-state index in [4.69, 9.17) is 14.2 Å². The molecule has 0 fully saturated rings. The molecule has 0 heterocycles. The number of carbonyl (C=O) groups excluding carboxylic acids is 3. The number of rotatable bonds is 56. The number of ether oxygens (including phenoxy) is 3. The SMILES string of the molecule is CC/C=C\C/C=C\C/C=C\C/C=C\CCCCCCC(=O)O[C@H](COC(=O)CCCCCCC/C=C\CCCCCCCC)COC(=O)CCCCCCCCCCCCCCCCCCCCCCC. The first-order valence-electron chi connectivity index (χ1n) is 30.8. The Morgan fingerprint density at radius 1 is 0.296 bits per heavy atom. The van der Waals surface area contributed by atoms with Crippen molar-refractivity contribution in [1.29, 1.82) is 0 Å². The van der Waals surface area contributed by atoms with Crippen LogP contribution in [0.4, 0.5) is 0 Å². The first kappa shape index (κ1) is 68.1. The van der Waals surface area contributed by atoms with Crippen LogP contribution in [0.15, 0.2) is 60.8 Å². The Balaban J connectivity index is 4.36. The highest BCUT2D eigenvalue weighted by molar-refractivity contribution is 5.71. The van der Waals surface area contributed by atoms with Gasteiger partial charge in [0.05, 0.1) is 0 Å². The third-order valence-corrected chi connectivity index (χ3v) is 13.5. The molecule has 6 nitrogen and oxygen atoms in total. The Labute approximate surface area is 440 Å². The molecule has 0 amide bonds. The molecule has 0 spiro atoms. The number of allylic oxidation sites excluding steroid dienone is 10. The average molecular weight is 994 g/mol. The van der Waals surface area contributed by atoms with Crippen molar-refractivity contribution in [1.82, 2.24) is 0 Å². The van der Waals surface area contributed by atoms with Crippen LogP contribution in [-0.4, -0.2) is 37.2 Å². The molecule has 0 aromatic heterocycles. The van der Waals surface area contributed by atoms with E-state index in [-0.39, 0.29) is 31.1 Å². The lowest BCUT2D eigenvalue weighted by atomic mass is 10.0. The lowest BCUT2D eigenvalue weighted by Gasteiger charge is -2.18. The molecule has 71 heavy (non-hydrogen) atoms. The van der Waals surface area contributed by atoms with Crippen molar-refractivity contribution in [2.75, 3.05) is 13.2 Å². The van der Waals surface area contributed by atoms with E-state index in [1.165, 1.54) is 173 Å². The standard InChI is InChI=1S/C65H116O6/c1-4-7-10-13-16-19-22-25-28-30-31-32-33-35-37-40-43-46-49-52-55-58-64(67)70-61-62(60-69-63(66)57-54-51-48-45-42-39-36-27-24-21-18-15-12-9-6-3)71-65(68)59-56-53-50-47-44-41-38-34-29-26-23-20-17-14-11-8-5-2/h8,11,17,20,26-27,29,36,38,41,62H,4-7,9-10,12-16,18-19,21-25,28,30-35,37,39-40,42-61H2,1-3H3/b11-8-,20-17-,29-26-,36-27-,41-38-/t62-/m1/s1. The van der Waals surface area contributed by atoms with E-state index in [1.807, 2.05) is 0 Å². The maximum Gasteiger partial charge on any atom is 0.306 e. The van der Waals surface area contributed by atoms with E-state index >= 15 is 0 Å². The van der Waals surface area contributed by atoms with Gasteiger partial charge in [-0.05, 0) is 83.5 Å². The predicted molar refractivity (Wildman–Crippen MR) is 307 cm³/mol. The maximum atomic E-state index is 12.9. The molecule has 0 aliphatic carbocycles. The fraction of sp³-hybridized carbons (Fsp3) is 0.800. The molecule has 0 unspecified atom stereocenters. The van der Waals surface area contributed by atoms with Crippen molar-refractivity contribution >= 4 is 17.9 Å². The van der Waals surface area contributed by atoms with Gasteiger partial charge in [0, 0.05) is 19.3 Å². The number of esters is 3. The summed E-state index contributed by atoms with van der Waals surface area (Å²) in [6.07, 6.45) is 75.1. The molecule has 6 heteroatoms. The minimum Gasteiger partial charge on any atom is -0.462 e. The molecule has 0 saturated heterocycles. The summed E-state index contributed by atoms with van der Waals surface area (Å²) in [5, 5.41) is 0. The van der Waals surface area contributed by atoms with Gasteiger partial charge in [0.2, 0.25) is 0 Å². The number of carbonyl (C=O) groups is 3. The van der Waals surface area contributed by atoms with Crippen molar-refractivity contribution in [3.8, 4) is 0 Å². The maximum absolute atomic E-state index is 12.9. The van der Waals surface area contributed by atoms with Crippen LogP contribution >= 0.6 is 0 Å². The average Bonchev–Trinajstić information content (AvgIpc) is 3.37. The molecule has 0 bridgehead atoms. The van der Waals surface area contributed by atoms with Gasteiger partial charge in [0.1, 0.15) is 13.2 Å². The van der Waals surface area contributed by atoms with Crippen LogP contribution < -0.4 is 0 Å². The zero-order chi connectivity index (χ0) is 51.4. The normalized spacial score (nSPS) is 12.4. The van der Waals surface area contributed by atoms with Gasteiger partial charge < -0.3 is 14.2 Å². The molecule has 0 aromatic carbocycles. The van der Waals surface area contributed by atoms with Crippen molar-refractivity contribution in [3.05, 3.63) is 60.8 Å². The van der Waals surface area contributed by atoms with E-state index < -0.39 is 6.10 Å². The molecule has 0 N–H and O–H groups in total. The molecule has 412 valence electrons. The summed E-state index contributed by atoms with van der Waals surface area (Å²) in [5.74, 6) is -0.901.